The first kappa shape index (κ1) is 14.3. The summed E-state index contributed by atoms with van der Waals surface area (Å²) in [7, 11) is -2.89. The van der Waals surface area contributed by atoms with Crippen LogP contribution >= 0.6 is 11.8 Å². The minimum Gasteiger partial charge on any atom is -0.490 e. The van der Waals surface area contributed by atoms with E-state index in [0.29, 0.717) is 18.1 Å². The lowest BCUT2D eigenvalue weighted by Crippen LogP contribution is -2.07. The molecule has 1 aromatic rings. The highest BCUT2D eigenvalue weighted by Gasteiger charge is 2.03. The van der Waals surface area contributed by atoms with Gasteiger partial charge in [0.05, 0.1) is 12.4 Å². The van der Waals surface area contributed by atoms with Gasteiger partial charge in [0.2, 0.25) is 0 Å². The second-order valence-electron chi connectivity index (χ2n) is 3.52. The molecule has 0 aliphatic rings. The molecular weight excluding hydrogens is 263 g/mol. The van der Waals surface area contributed by atoms with Crippen LogP contribution in [0, 0.1) is 5.82 Å². The lowest BCUT2D eigenvalue weighted by atomic mass is 10.3. The summed E-state index contributed by atoms with van der Waals surface area (Å²) in [6, 6.07) is 6.21. The Morgan fingerprint density at radius 2 is 2.00 bits per heavy atom. The summed E-state index contributed by atoms with van der Waals surface area (Å²) in [6.45, 7) is 0.370. The lowest BCUT2D eigenvalue weighted by molar-refractivity contribution is 0.325. The van der Waals surface area contributed by atoms with Gasteiger partial charge in [-0.05, 0) is 12.1 Å². The van der Waals surface area contributed by atoms with Gasteiger partial charge in [-0.2, -0.15) is 11.8 Å². The van der Waals surface area contributed by atoms with Crippen molar-refractivity contribution in [2.75, 3.05) is 30.1 Å². The molecule has 0 unspecified atom stereocenters. The van der Waals surface area contributed by atoms with Crippen molar-refractivity contribution >= 4 is 21.6 Å². The van der Waals surface area contributed by atoms with Crippen LogP contribution in [0.1, 0.15) is 0 Å². The average molecular weight is 278 g/mol. The lowest BCUT2D eigenvalue weighted by Gasteiger charge is -2.06. The summed E-state index contributed by atoms with van der Waals surface area (Å²) in [5, 5.41) is 0. The molecule has 0 aromatic heterocycles. The van der Waals surface area contributed by atoms with Crippen molar-refractivity contribution in [2.24, 2.45) is 0 Å². The molecule has 0 aliphatic carbocycles. The minimum atomic E-state index is -2.89. The van der Waals surface area contributed by atoms with Gasteiger partial charge in [0.15, 0.2) is 11.6 Å². The van der Waals surface area contributed by atoms with Gasteiger partial charge in [0.25, 0.3) is 0 Å². The zero-order valence-corrected chi connectivity index (χ0v) is 11.2. The average Bonchev–Trinajstić information content (AvgIpc) is 2.24. The third-order valence-corrected chi connectivity index (χ3v) is 4.07. The third kappa shape index (κ3) is 6.53. The second kappa shape index (κ2) is 6.86. The number of thioether (sulfide) groups is 1. The Morgan fingerprint density at radius 1 is 1.29 bits per heavy atom. The summed E-state index contributed by atoms with van der Waals surface area (Å²) in [6.07, 6.45) is 1.21. The van der Waals surface area contributed by atoms with Crippen LogP contribution in [0.3, 0.4) is 0 Å². The zero-order chi connectivity index (χ0) is 12.7. The minimum absolute atomic E-state index is 0.164. The fraction of sp³-hybridized carbons (Fsp3) is 0.455. The predicted molar refractivity (Wildman–Crippen MR) is 68.9 cm³/mol. The highest BCUT2D eigenvalue weighted by Crippen LogP contribution is 2.15. The molecule has 0 aliphatic heterocycles. The maximum absolute atomic E-state index is 13.1. The van der Waals surface area contributed by atoms with Crippen molar-refractivity contribution in [2.45, 2.75) is 0 Å². The van der Waals surface area contributed by atoms with Crippen molar-refractivity contribution in [3.8, 4) is 5.75 Å². The van der Waals surface area contributed by atoms with Gasteiger partial charge in [-0.15, -0.1) is 0 Å². The van der Waals surface area contributed by atoms with E-state index in [9.17, 15) is 12.8 Å². The van der Waals surface area contributed by atoms with Gasteiger partial charge in [-0.3, -0.25) is 0 Å². The topological polar surface area (TPSA) is 43.4 Å². The van der Waals surface area contributed by atoms with Crippen LogP contribution in [0.25, 0.3) is 0 Å². The van der Waals surface area contributed by atoms with E-state index in [1.54, 1.807) is 18.2 Å². The van der Waals surface area contributed by atoms with Crippen LogP contribution in [0.15, 0.2) is 24.3 Å². The molecule has 0 saturated carbocycles. The molecular formula is C11H15FO3S2. The molecule has 0 atom stereocenters. The molecule has 0 N–H and O–H groups in total. The van der Waals surface area contributed by atoms with E-state index in [1.807, 2.05) is 0 Å². The number of para-hydroxylation sites is 1. The number of rotatable bonds is 7. The fourth-order valence-electron chi connectivity index (χ4n) is 1.08. The van der Waals surface area contributed by atoms with Crippen LogP contribution in [-0.2, 0) is 9.84 Å². The first-order valence-corrected chi connectivity index (χ1v) is 8.33. The van der Waals surface area contributed by atoms with Crippen LogP contribution in [0.5, 0.6) is 5.75 Å². The molecule has 0 heterocycles. The first-order valence-electron chi connectivity index (χ1n) is 5.12. The fourth-order valence-corrected chi connectivity index (χ4v) is 3.17. The molecule has 0 bridgehead atoms. The standard InChI is InChI=1S/C11H15FO3S2/c1-17(13,14)9-8-16-7-6-15-11-5-3-2-4-10(11)12/h2-5H,6-9H2,1H3. The van der Waals surface area contributed by atoms with Crippen LogP contribution in [-0.4, -0.2) is 38.5 Å². The summed E-state index contributed by atoms with van der Waals surface area (Å²) in [4.78, 5) is 0. The Balaban J connectivity index is 2.15. The molecule has 96 valence electrons. The number of hydrogen-bond acceptors (Lipinski definition) is 4. The van der Waals surface area contributed by atoms with Gasteiger partial charge < -0.3 is 4.74 Å². The SMILES string of the molecule is CS(=O)(=O)CCSCCOc1ccccc1F. The predicted octanol–water partition coefficient (Wildman–Crippen LogP) is 1.98. The Bertz CT molecular complexity index is 446. The zero-order valence-electron chi connectivity index (χ0n) is 9.56. The Hall–Kier alpha value is -0.750. The maximum Gasteiger partial charge on any atom is 0.165 e. The molecule has 0 saturated heterocycles. The molecule has 6 heteroatoms. The molecule has 0 fully saturated rings. The summed E-state index contributed by atoms with van der Waals surface area (Å²) < 4.78 is 40.0. The molecule has 1 rings (SSSR count). The van der Waals surface area contributed by atoms with E-state index in [4.69, 9.17) is 4.74 Å². The van der Waals surface area contributed by atoms with Gasteiger partial charge >= 0.3 is 0 Å². The van der Waals surface area contributed by atoms with E-state index in [2.05, 4.69) is 0 Å². The normalized spacial score (nSPS) is 11.4. The van der Waals surface area contributed by atoms with Crippen LogP contribution < -0.4 is 4.74 Å². The number of sulfone groups is 1. The van der Waals surface area contributed by atoms with Gasteiger partial charge in [0.1, 0.15) is 9.84 Å². The monoisotopic (exact) mass is 278 g/mol. The quantitative estimate of drug-likeness (QED) is 0.715. The largest absolute Gasteiger partial charge is 0.490 e. The van der Waals surface area contributed by atoms with Crippen molar-refractivity contribution < 1.29 is 17.5 Å². The summed E-state index contributed by atoms with van der Waals surface area (Å²) >= 11 is 1.48. The summed E-state index contributed by atoms with van der Waals surface area (Å²) in [5.74, 6) is 1.20. The van der Waals surface area contributed by atoms with Crippen molar-refractivity contribution in [1.82, 2.24) is 0 Å². The molecule has 3 nitrogen and oxygen atoms in total. The second-order valence-corrected chi connectivity index (χ2v) is 7.01. The van der Waals surface area contributed by atoms with Crippen LogP contribution in [0.4, 0.5) is 4.39 Å². The smallest absolute Gasteiger partial charge is 0.165 e. The maximum atomic E-state index is 13.1. The third-order valence-electron chi connectivity index (χ3n) is 1.92. The Kier molecular flexibility index (Phi) is 5.77. The van der Waals surface area contributed by atoms with E-state index >= 15 is 0 Å². The molecule has 0 radical (unpaired) electrons. The van der Waals surface area contributed by atoms with Gasteiger partial charge in [-0.25, -0.2) is 12.8 Å². The van der Waals surface area contributed by atoms with Crippen LogP contribution in [0.2, 0.25) is 0 Å². The summed E-state index contributed by atoms with van der Waals surface area (Å²) in [5.41, 5.74) is 0. The Morgan fingerprint density at radius 3 is 2.65 bits per heavy atom. The van der Waals surface area contributed by atoms with Crippen molar-refractivity contribution in [1.29, 1.82) is 0 Å². The van der Waals surface area contributed by atoms with E-state index in [1.165, 1.54) is 24.1 Å². The molecule has 0 amide bonds. The van der Waals surface area contributed by atoms with E-state index < -0.39 is 9.84 Å². The van der Waals surface area contributed by atoms with Crippen molar-refractivity contribution in [3.63, 3.8) is 0 Å². The number of ether oxygens (including phenoxy) is 1. The Labute approximate surface area is 105 Å². The molecule has 1 aromatic carbocycles. The number of benzene rings is 1. The molecule has 0 spiro atoms. The molecule has 17 heavy (non-hydrogen) atoms. The first-order chi connectivity index (χ1) is 7.99. The van der Waals surface area contributed by atoms with E-state index in [0.717, 1.165) is 0 Å². The highest BCUT2D eigenvalue weighted by atomic mass is 32.2. The number of halogens is 1. The van der Waals surface area contributed by atoms with E-state index in [-0.39, 0.29) is 17.3 Å². The van der Waals surface area contributed by atoms with Crippen molar-refractivity contribution in [3.05, 3.63) is 30.1 Å². The number of hydrogen-bond donors (Lipinski definition) is 0. The van der Waals surface area contributed by atoms with Gasteiger partial charge in [-0.1, -0.05) is 12.1 Å². The highest BCUT2D eigenvalue weighted by molar-refractivity contribution is 8.00. The van der Waals surface area contributed by atoms with Gasteiger partial charge in [0, 0.05) is 17.8 Å².